The summed E-state index contributed by atoms with van der Waals surface area (Å²) in [6, 6.07) is 8.41. The van der Waals surface area contributed by atoms with Crippen molar-refractivity contribution in [2.45, 2.75) is 26.7 Å². The largest absolute Gasteiger partial charge is 0.354 e. The standard InChI is InChI=1S/C25H31FN6/c1-5-17(2)15-28-25-27-12-10-21(29-25)24-23(19-6-8-20(26)9-7-19)30-22-14-18(16-31(3)4)11-13-32(22)24/h6-13,17-18H,5,14-16H2,1-4H3,(H,27,28,29). The molecule has 3 aromatic rings. The van der Waals surface area contributed by atoms with E-state index in [1.807, 2.05) is 6.07 Å². The summed E-state index contributed by atoms with van der Waals surface area (Å²) in [5.41, 5.74) is 3.37. The van der Waals surface area contributed by atoms with Crippen LogP contribution in [-0.4, -0.2) is 51.6 Å². The van der Waals surface area contributed by atoms with Crippen LogP contribution in [-0.2, 0) is 6.42 Å². The fourth-order valence-corrected chi connectivity index (χ4v) is 3.93. The minimum atomic E-state index is -0.260. The molecular formula is C25H31FN6. The molecular weight excluding hydrogens is 403 g/mol. The molecule has 4 rings (SSSR count). The smallest absolute Gasteiger partial charge is 0.223 e. The lowest BCUT2D eigenvalue weighted by Crippen LogP contribution is -2.24. The summed E-state index contributed by atoms with van der Waals surface area (Å²) in [6.45, 7) is 6.15. The van der Waals surface area contributed by atoms with Crippen LogP contribution in [0.15, 0.2) is 42.6 Å². The Morgan fingerprint density at radius 2 is 1.97 bits per heavy atom. The highest BCUT2D eigenvalue weighted by Gasteiger charge is 2.25. The quantitative estimate of drug-likeness (QED) is 0.551. The number of rotatable bonds is 8. The molecule has 2 unspecified atom stereocenters. The Kier molecular flexibility index (Phi) is 6.65. The average Bonchev–Trinajstić information content (AvgIpc) is 3.16. The number of hydrogen-bond donors (Lipinski definition) is 1. The van der Waals surface area contributed by atoms with Crippen LogP contribution in [0.2, 0.25) is 0 Å². The van der Waals surface area contributed by atoms with Gasteiger partial charge in [0.15, 0.2) is 0 Å². The van der Waals surface area contributed by atoms with Gasteiger partial charge in [0.05, 0.1) is 17.1 Å². The van der Waals surface area contributed by atoms with Gasteiger partial charge in [-0.05, 0) is 56.3 Å². The lowest BCUT2D eigenvalue weighted by atomic mass is 10.0. The molecule has 0 saturated carbocycles. The van der Waals surface area contributed by atoms with Crippen LogP contribution in [0.1, 0.15) is 26.1 Å². The number of nitrogens with one attached hydrogen (secondary N) is 1. The Morgan fingerprint density at radius 3 is 2.69 bits per heavy atom. The predicted octanol–water partition coefficient (Wildman–Crippen LogP) is 4.81. The molecule has 0 bridgehead atoms. The van der Waals surface area contributed by atoms with Gasteiger partial charge in [0.25, 0.3) is 0 Å². The van der Waals surface area contributed by atoms with Crippen molar-refractivity contribution in [3.05, 3.63) is 54.2 Å². The number of aromatic nitrogens is 4. The Bertz CT molecular complexity index is 1090. The summed E-state index contributed by atoms with van der Waals surface area (Å²) < 4.78 is 15.7. The number of benzene rings is 1. The van der Waals surface area contributed by atoms with Crippen LogP contribution in [0.5, 0.6) is 0 Å². The topological polar surface area (TPSA) is 58.9 Å². The van der Waals surface area contributed by atoms with Crippen LogP contribution in [0.3, 0.4) is 0 Å². The minimum Gasteiger partial charge on any atom is -0.354 e. The lowest BCUT2D eigenvalue weighted by Gasteiger charge is -2.21. The van der Waals surface area contributed by atoms with Crippen molar-refractivity contribution in [2.75, 3.05) is 32.5 Å². The second kappa shape index (κ2) is 9.61. The minimum absolute atomic E-state index is 0.260. The average molecular weight is 435 g/mol. The molecule has 6 nitrogen and oxygen atoms in total. The fraction of sp³-hybridized carbons (Fsp3) is 0.400. The van der Waals surface area contributed by atoms with Gasteiger partial charge in [-0.1, -0.05) is 26.3 Å². The van der Waals surface area contributed by atoms with E-state index < -0.39 is 0 Å². The fourth-order valence-electron chi connectivity index (χ4n) is 3.93. The van der Waals surface area contributed by atoms with Crippen molar-refractivity contribution in [1.29, 1.82) is 0 Å². The molecule has 1 aromatic carbocycles. The van der Waals surface area contributed by atoms with Gasteiger partial charge in [0.1, 0.15) is 11.6 Å². The van der Waals surface area contributed by atoms with Gasteiger partial charge in [-0.15, -0.1) is 0 Å². The summed E-state index contributed by atoms with van der Waals surface area (Å²) >= 11 is 0. The first-order valence-electron chi connectivity index (χ1n) is 11.2. The van der Waals surface area contributed by atoms with E-state index in [9.17, 15) is 4.39 Å². The van der Waals surface area contributed by atoms with Crippen molar-refractivity contribution in [2.24, 2.45) is 11.8 Å². The Morgan fingerprint density at radius 1 is 1.19 bits per heavy atom. The monoisotopic (exact) mass is 434 g/mol. The molecule has 1 aliphatic heterocycles. The predicted molar refractivity (Wildman–Crippen MR) is 128 cm³/mol. The second-order valence-corrected chi connectivity index (χ2v) is 8.83. The van der Waals surface area contributed by atoms with Crippen molar-refractivity contribution in [3.8, 4) is 22.6 Å². The van der Waals surface area contributed by atoms with Crippen LogP contribution in [0.25, 0.3) is 28.8 Å². The van der Waals surface area contributed by atoms with Crippen LogP contribution >= 0.6 is 0 Å². The lowest BCUT2D eigenvalue weighted by molar-refractivity contribution is 0.352. The number of imidazole rings is 1. The molecule has 168 valence electrons. The number of fused-ring (bicyclic) bond motifs is 1. The van der Waals surface area contributed by atoms with Crippen LogP contribution in [0.4, 0.5) is 10.3 Å². The first-order chi connectivity index (χ1) is 15.4. The van der Waals surface area contributed by atoms with Crippen molar-refractivity contribution in [3.63, 3.8) is 0 Å². The molecule has 0 fully saturated rings. The van der Waals surface area contributed by atoms with Crippen molar-refractivity contribution < 1.29 is 4.39 Å². The van der Waals surface area contributed by atoms with E-state index in [0.29, 0.717) is 17.8 Å². The van der Waals surface area contributed by atoms with Crippen molar-refractivity contribution in [1.82, 2.24) is 24.4 Å². The van der Waals surface area contributed by atoms with E-state index in [-0.39, 0.29) is 5.82 Å². The number of anilines is 1. The first-order valence-corrected chi connectivity index (χ1v) is 11.2. The molecule has 2 atom stereocenters. The molecule has 0 saturated heterocycles. The summed E-state index contributed by atoms with van der Waals surface area (Å²) in [5, 5.41) is 3.35. The first kappa shape index (κ1) is 22.1. The highest BCUT2D eigenvalue weighted by atomic mass is 19.1. The third kappa shape index (κ3) is 4.88. The SMILES string of the molecule is CCC(C)CNc1nccc(-c2c(-c3ccc(F)cc3)nc3n2C=CC(CN(C)C)C3)n1. The molecule has 0 spiro atoms. The molecule has 2 aromatic heterocycles. The highest BCUT2D eigenvalue weighted by molar-refractivity contribution is 5.79. The van der Waals surface area contributed by atoms with E-state index in [4.69, 9.17) is 9.97 Å². The molecule has 1 aliphatic rings. The van der Waals surface area contributed by atoms with E-state index in [0.717, 1.165) is 54.4 Å². The summed E-state index contributed by atoms with van der Waals surface area (Å²) in [5.74, 6) is 2.27. The zero-order chi connectivity index (χ0) is 22.7. The number of hydrogen-bond acceptors (Lipinski definition) is 5. The molecule has 32 heavy (non-hydrogen) atoms. The van der Waals surface area contributed by atoms with Crippen LogP contribution < -0.4 is 5.32 Å². The zero-order valence-electron chi connectivity index (χ0n) is 19.2. The van der Waals surface area contributed by atoms with Gasteiger partial charge in [-0.3, -0.25) is 0 Å². The summed E-state index contributed by atoms with van der Waals surface area (Å²) in [6.07, 6.45) is 8.03. The van der Waals surface area contributed by atoms with E-state index in [1.165, 1.54) is 12.1 Å². The van der Waals surface area contributed by atoms with Gasteiger partial charge in [-0.2, -0.15) is 0 Å². The Hall–Kier alpha value is -3.06. The molecule has 0 amide bonds. The summed E-state index contributed by atoms with van der Waals surface area (Å²) in [7, 11) is 4.16. The van der Waals surface area contributed by atoms with Gasteiger partial charge in [0, 0.05) is 37.5 Å². The van der Waals surface area contributed by atoms with Crippen LogP contribution in [0, 0.1) is 17.7 Å². The number of halogens is 1. The molecule has 1 N–H and O–H groups in total. The van der Waals surface area contributed by atoms with Gasteiger partial charge in [0.2, 0.25) is 5.95 Å². The van der Waals surface area contributed by atoms with Gasteiger partial charge < -0.3 is 14.8 Å². The van der Waals surface area contributed by atoms with Crippen molar-refractivity contribution >= 4 is 12.1 Å². The van der Waals surface area contributed by atoms with Gasteiger partial charge >= 0.3 is 0 Å². The van der Waals surface area contributed by atoms with E-state index in [1.54, 1.807) is 18.3 Å². The maximum Gasteiger partial charge on any atom is 0.223 e. The Labute approximate surface area is 189 Å². The van der Waals surface area contributed by atoms with Gasteiger partial charge in [-0.25, -0.2) is 19.3 Å². The summed E-state index contributed by atoms with van der Waals surface area (Å²) in [4.78, 5) is 16.4. The molecule has 0 radical (unpaired) electrons. The number of nitrogens with zero attached hydrogens (tertiary/aromatic N) is 5. The van der Waals surface area contributed by atoms with E-state index >= 15 is 0 Å². The highest BCUT2D eigenvalue weighted by Crippen LogP contribution is 2.35. The molecule has 7 heteroatoms. The second-order valence-electron chi connectivity index (χ2n) is 8.83. The normalized spacial score (nSPS) is 16.2. The third-order valence-corrected chi connectivity index (χ3v) is 5.86. The van der Waals surface area contributed by atoms with E-state index in [2.05, 4.69) is 60.0 Å². The maximum absolute atomic E-state index is 13.6. The zero-order valence-corrected chi connectivity index (χ0v) is 19.2. The maximum atomic E-state index is 13.6. The third-order valence-electron chi connectivity index (χ3n) is 5.86. The molecule has 3 heterocycles. The Balaban J connectivity index is 1.76. The molecule has 0 aliphatic carbocycles.